The van der Waals surface area contributed by atoms with Gasteiger partial charge in [-0.25, -0.2) is 4.79 Å². The van der Waals surface area contributed by atoms with Crippen LogP contribution in [0.25, 0.3) is 0 Å². The van der Waals surface area contributed by atoms with Crippen LogP contribution in [0.5, 0.6) is 0 Å². The fourth-order valence-corrected chi connectivity index (χ4v) is 1.90. The number of thioether (sulfide) groups is 1. The number of carboxylic acid groups (broad SMARTS) is 1. The topological polar surface area (TPSA) is 37.3 Å². The Morgan fingerprint density at radius 2 is 2.21 bits per heavy atom. The first kappa shape index (κ1) is 11.1. The Morgan fingerprint density at radius 1 is 1.50 bits per heavy atom. The van der Waals surface area contributed by atoms with Gasteiger partial charge in [0.15, 0.2) is 0 Å². The highest BCUT2D eigenvalue weighted by Gasteiger charge is 1.97. The van der Waals surface area contributed by atoms with Crippen LogP contribution in [-0.2, 0) is 4.79 Å². The number of benzene rings is 1. The summed E-state index contributed by atoms with van der Waals surface area (Å²) in [6.07, 6.45) is 2.72. The summed E-state index contributed by atoms with van der Waals surface area (Å²) in [6, 6.07) is 7.47. The Balaban J connectivity index is 2.46. The van der Waals surface area contributed by atoms with E-state index >= 15 is 0 Å². The molecule has 74 valence electrons. The van der Waals surface area contributed by atoms with Crippen molar-refractivity contribution in [3.8, 4) is 0 Å². The Morgan fingerprint density at radius 3 is 2.86 bits per heavy atom. The Hall–Kier alpha value is -0.930. The number of hydrogen-bond donors (Lipinski definition) is 1. The van der Waals surface area contributed by atoms with Gasteiger partial charge in [0, 0.05) is 16.7 Å². The van der Waals surface area contributed by atoms with Crippen LogP contribution in [0.4, 0.5) is 0 Å². The summed E-state index contributed by atoms with van der Waals surface area (Å²) < 4.78 is 0. The minimum Gasteiger partial charge on any atom is -0.478 e. The van der Waals surface area contributed by atoms with Crippen molar-refractivity contribution < 1.29 is 9.90 Å². The van der Waals surface area contributed by atoms with Crippen LogP contribution in [0.3, 0.4) is 0 Å². The van der Waals surface area contributed by atoms with Crippen LogP contribution >= 0.6 is 23.4 Å². The maximum atomic E-state index is 10.2. The molecule has 0 unspecified atom stereocenters. The average Bonchev–Trinajstić information content (AvgIpc) is 2.15. The van der Waals surface area contributed by atoms with E-state index in [4.69, 9.17) is 16.7 Å². The molecular weight excluding hydrogens is 220 g/mol. The van der Waals surface area contributed by atoms with Gasteiger partial charge in [0.2, 0.25) is 0 Å². The fourth-order valence-electron chi connectivity index (χ4n) is 0.849. The molecule has 0 radical (unpaired) electrons. The van der Waals surface area contributed by atoms with Crippen molar-refractivity contribution >= 4 is 29.3 Å². The number of rotatable bonds is 4. The smallest absolute Gasteiger partial charge is 0.328 e. The number of carbonyl (C=O) groups is 1. The van der Waals surface area contributed by atoms with Crippen LogP contribution in [0.1, 0.15) is 0 Å². The number of halogens is 1. The standard InChI is InChI=1S/C10H9ClO2S/c11-8-4-1-2-5-9(8)14-7-3-6-10(12)13/h1-6H,7H2,(H,12,13)/b6-3+. The van der Waals surface area contributed by atoms with E-state index in [0.29, 0.717) is 10.8 Å². The molecule has 1 aromatic rings. The highest BCUT2D eigenvalue weighted by atomic mass is 35.5. The SMILES string of the molecule is O=C(O)/C=C/CSc1ccccc1Cl. The molecule has 0 saturated carbocycles. The van der Waals surface area contributed by atoms with Crippen LogP contribution in [0.2, 0.25) is 5.02 Å². The Kier molecular flexibility index (Phi) is 4.56. The van der Waals surface area contributed by atoms with Crippen molar-refractivity contribution in [3.63, 3.8) is 0 Å². The molecule has 1 N–H and O–H groups in total. The van der Waals surface area contributed by atoms with Crippen LogP contribution in [0, 0.1) is 0 Å². The molecule has 0 aliphatic carbocycles. The molecule has 0 bridgehead atoms. The molecule has 0 spiro atoms. The van der Waals surface area contributed by atoms with Gasteiger partial charge in [-0.1, -0.05) is 29.8 Å². The lowest BCUT2D eigenvalue weighted by molar-refractivity contribution is -0.131. The highest BCUT2D eigenvalue weighted by Crippen LogP contribution is 2.26. The third-order valence-electron chi connectivity index (χ3n) is 1.43. The Bertz CT molecular complexity index is 350. The predicted octanol–water partition coefficient (Wildman–Crippen LogP) is 3.07. The van der Waals surface area contributed by atoms with Crippen molar-refractivity contribution in [2.45, 2.75) is 4.90 Å². The van der Waals surface area contributed by atoms with Gasteiger partial charge in [0.25, 0.3) is 0 Å². The summed E-state index contributed by atoms with van der Waals surface area (Å²) in [6.45, 7) is 0. The molecule has 1 aromatic carbocycles. The lowest BCUT2D eigenvalue weighted by Gasteiger charge is -1.99. The van der Waals surface area contributed by atoms with E-state index in [-0.39, 0.29) is 0 Å². The van der Waals surface area contributed by atoms with Crippen molar-refractivity contribution in [1.82, 2.24) is 0 Å². The zero-order valence-corrected chi connectivity index (χ0v) is 8.89. The van der Waals surface area contributed by atoms with Gasteiger partial charge in [-0.15, -0.1) is 11.8 Å². The van der Waals surface area contributed by atoms with Gasteiger partial charge < -0.3 is 5.11 Å². The minimum atomic E-state index is -0.926. The first-order valence-corrected chi connectivity index (χ1v) is 5.33. The van der Waals surface area contributed by atoms with Gasteiger partial charge in [-0.3, -0.25) is 0 Å². The lowest BCUT2D eigenvalue weighted by atomic mass is 10.4. The van der Waals surface area contributed by atoms with Gasteiger partial charge >= 0.3 is 5.97 Å². The molecular formula is C10H9ClO2S. The van der Waals surface area contributed by atoms with Gasteiger partial charge in [0.1, 0.15) is 0 Å². The summed E-state index contributed by atoms with van der Waals surface area (Å²) in [7, 11) is 0. The zero-order valence-electron chi connectivity index (χ0n) is 7.31. The number of hydrogen-bond acceptors (Lipinski definition) is 2. The van der Waals surface area contributed by atoms with E-state index in [9.17, 15) is 4.79 Å². The van der Waals surface area contributed by atoms with Crippen LogP contribution in [0.15, 0.2) is 41.3 Å². The number of aliphatic carboxylic acids is 1. The minimum absolute atomic E-state index is 0.607. The third kappa shape index (κ3) is 3.85. The van der Waals surface area contributed by atoms with Crippen LogP contribution in [-0.4, -0.2) is 16.8 Å². The molecule has 0 aromatic heterocycles. The predicted molar refractivity (Wildman–Crippen MR) is 59.0 cm³/mol. The van der Waals surface area contributed by atoms with Gasteiger partial charge in [-0.2, -0.15) is 0 Å². The zero-order chi connectivity index (χ0) is 10.4. The van der Waals surface area contributed by atoms with Crippen molar-refractivity contribution in [3.05, 3.63) is 41.4 Å². The normalized spacial score (nSPS) is 10.6. The lowest BCUT2D eigenvalue weighted by Crippen LogP contribution is -1.86. The molecule has 2 nitrogen and oxygen atoms in total. The van der Waals surface area contributed by atoms with Crippen molar-refractivity contribution in [1.29, 1.82) is 0 Å². The second kappa shape index (κ2) is 5.73. The second-order valence-corrected chi connectivity index (χ2v) is 3.95. The monoisotopic (exact) mass is 228 g/mol. The second-order valence-electron chi connectivity index (χ2n) is 2.48. The van der Waals surface area contributed by atoms with E-state index in [1.807, 2.05) is 24.3 Å². The molecule has 0 aliphatic heterocycles. The van der Waals surface area contributed by atoms with Crippen molar-refractivity contribution in [2.24, 2.45) is 0 Å². The third-order valence-corrected chi connectivity index (χ3v) is 2.90. The van der Waals surface area contributed by atoms with Crippen molar-refractivity contribution in [2.75, 3.05) is 5.75 Å². The summed E-state index contributed by atoms with van der Waals surface area (Å²) >= 11 is 7.41. The van der Waals surface area contributed by atoms with E-state index < -0.39 is 5.97 Å². The van der Waals surface area contributed by atoms with Gasteiger partial charge in [0.05, 0.1) is 5.02 Å². The summed E-state index contributed by atoms with van der Waals surface area (Å²) in [5.41, 5.74) is 0. The van der Waals surface area contributed by atoms with Gasteiger partial charge in [-0.05, 0) is 12.1 Å². The largest absolute Gasteiger partial charge is 0.478 e. The van der Waals surface area contributed by atoms with E-state index in [0.717, 1.165) is 11.0 Å². The maximum Gasteiger partial charge on any atom is 0.328 e. The quantitative estimate of drug-likeness (QED) is 0.636. The summed E-state index contributed by atoms with van der Waals surface area (Å²) in [5.74, 6) is -0.319. The first-order valence-electron chi connectivity index (χ1n) is 3.97. The summed E-state index contributed by atoms with van der Waals surface area (Å²) in [5, 5.41) is 9.04. The fraction of sp³-hybridized carbons (Fsp3) is 0.100. The van der Waals surface area contributed by atoms with E-state index in [1.54, 1.807) is 6.08 Å². The molecule has 0 amide bonds. The molecule has 0 atom stereocenters. The van der Waals surface area contributed by atoms with E-state index in [2.05, 4.69) is 0 Å². The first-order chi connectivity index (χ1) is 6.70. The number of carboxylic acids is 1. The molecule has 1 rings (SSSR count). The highest BCUT2D eigenvalue weighted by molar-refractivity contribution is 7.99. The molecule has 0 fully saturated rings. The van der Waals surface area contributed by atoms with E-state index in [1.165, 1.54) is 11.8 Å². The maximum absolute atomic E-state index is 10.2. The average molecular weight is 229 g/mol. The molecule has 14 heavy (non-hydrogen) atoms. The Labute approximate surface area is 91.6 Å². The summed E-state index contributed by atoms with van der Waals surface area (Å²) in [4.78, 5) is 11.1. The molecule has 0 heterocycles. The molecule has 4 heteroatoms. The molecule has 0 saturated heterocycles. The van der Waals surface area contributed by atoms with Crippen LogP contribution < -0.4 is 0 Å². The molecule has 0 aliphatic rings.